The molecule has 0 radical (unpaired) electrons. The zero-order valence-electron chi connectivity index (χ0n) is 14.0. The SMILES string of the molecule is CC(C)c1ccccc1NC(=O)c1ccc2c(c1)N(C)C(=O)CO2. The van der Waals surface area contributed by atoms with E-state index in [1.54, 1.807) is 25.2 Å². The maximum absolute atomic E-state index is 12.6. The molecule has 0 aliphatic carbocycles. The summed E-state index contributed by atoms with van der Waals surface area (Å²) in [6.45, 7) is 4.19. The molecule has 0 unspecified atom stereocenters. The molecule has 0 bridgehead atoms. The van der Waals surface area contributed by atoms with Crippen molar-refractivity contribution in [3.05, 3.63) is 53.6 Å². The van der Waals surface area contributed by atoms with Crippen molar-refractivity contribution in [3.8, 4) is 5.75 Å². The number of hydrogen-bond acceptors (Lipinski definition) is 3. The van der Waals surface area contributed by atoms with E-state index in [1.165, 1.54) is 4.90 Å². The zero-order valence-corrected chi connectivity index (χ0v) is 14.0. The van der Waals surface area contributed by atoms with Crippen LogP contribution in [0, 0.1) is 0 Å². The fourth-order valence-corrected chi connectivity index (χ4v) is 2.72. The first kappa shape index (κ1) is 16.1. The van der Waals surface area contributed by atoms with Gasteiger partial charge in [0.15, 0.2) is 6.61 Å². The van der Waals surface area contributed by atoms with Crippen molar-refractivity contribution in [1.82, 2.24) is 0 Å². The first-order chi connectivity index (χ1) is 11.5. The number of likely N-dealkylation sites (N-methyl/N-ethyl adjacent to an activating group) is 1. The lowest BCUT2D eigenvalue weighted by molar-refractivity contribution is -0.120. The highest BCUT2D eigenvalue weighted by Crippen LogP contribution is 2.32. The molecule has 2 amide bonds. The number of carbonyl (C=O) groups excluding carboxylic acids is 2. The summed E-state index contributed by atoms with van der Waals surface area (Å²) >= 11 is 0. The fraction of sp³-hybridized carbons (Fsp3) is 0.263. The van der Waals surface area contributed by atoms with E-state index in [0.29, 0.717) is 22.9 Å². The van der Waals surface area contributed by atoms with Crippen LogP contribution in [0.2, 0.25) is 0 Å². The Kier molecular flexibility index (Phi) is 4.25. The van der Waals surface area contributed by atoms with Crippen LogP contribution in [0.25, 0.3) is 0 Å². The molecule has 0 atom stereocenters. The third-order valence-corrected chi connectivity index (χ3v) is 4.14. The van der Waals surface area contributed by atoms with E-state index in [-0.39, 0.29) is 18.4 Å². The molecule has 1 N–H and O–H groups in total. The molecule has 124 valence electrons. The molecule has 5 heteroatoms. The summed E-state index contributed by atoms with van der Waals surface area (Å²) in [7, 11) is 1.68. The van der Waals surface area contributed by atoms with Crippen LogP contribution in [-0.4, -0.2) is 25.5 Å². The Morgan fingerprint density at radius 3 is 2.71 bits per heavy atom. The van der Waals surface area contributed by atoms with Crippen LogP contribution in [0.5, 0.6) is 5.75 Å². The average Bonchev–Trinajstić information content (AvgIpc) is 2.58. The van der Waals surface area contributed by atoms with E-state index < -0.39 is 0 Å². The normalized spacial score (nSPS) is 13.5. The molecular weight excluding hydrogens is 304 g/mol. The Bertz CT molecular complexity index is 799. The van der Waals surface area contributed by atoms with Crippen LogP contribution in [0.4, 0.5) is 11.4 Å². The van der Waals surface area contributed by atoms with Gasteiger partial charge in [-0.05, 0) is 35.7 Å². The van der Waals surface area contributed by atoms with Crippen molar-refractivity contribution in [1.29, 1.82) is 0 Å². The van der Waals surface area contributed by atoms with E-state index in [4.69, 9.17) is 4.74 Å². The molecule has 0 saturated carbocycles. The fourth-order valence-electron chi connectivity index (χ4n) is 2.72. The maximum atomic E-state index is 12.6. The number of para-hydroxylation sites is 1. The van der Waals surface area contributed by atoms with Gasteiger partial charge in [0.1, 0.15) is 5.75 Å². The molecule has 1 aliphatic heterocycles. The van der Waals surface area contributed by atoms with Gasteiger partial charge in [0.2, 0.25) is 0 Å². The van der Waals surface area contributed by atoms with Gasteiger partial charge in [-0.3, -0.25) is 9.59 Å². The summed E-state index contributed by atoms with van der Waals surface area (Å²) in [6, 6.07) is 12.9. The first-order valence-electron chi connectivity index (χ1n) is 7.91. The van der Waals surface area contributed by atoms with Crippen molar-refractivity contribution in [2.24, 2.45) is 0 Å². The minimum Gasteiger partial charge on any atom is -0.482 e. The molecule has 0 spiro atoms. The second-order valence-electron chi connectivity index (χ2n) is 6.12. The summed E-state index contributed by atoms with van der Waals surface area (Å²) in [5.41, 5.74) is 2.98. The third kappa shape index (κ3) is 2.97. The summed E-state index contributed by atoms with van der Waals surface area (Å²) < 4.78 is 5.39. The lowest BCUT2D eigenvalue weighted by Gasteiger charge is -2.26. The molecular formula is C19H20N2O3. The highest BCUT2D eigenvalue weighted by Gasteiger charge is 2.23. The Morgan fingerprint density at radius 2 is 1.96 bits per heavy atom. The molecule has 0 aromatic heterocycles. The minimum absolute atomic E-state index is 0.0246. The van der Waals surface area contributed by atoms with Gasteiger partial charge in [-0.1, -0.05) is 32.0 Å². The molecule has 5 nitrogen and oxygen atoms in total. The molecule has 24 heavy (non-hydrogen) atoms. The average molecular weight is 324 g/mol. The van der Waals surface area contributed by atoms with Crippen molar-refractivity contribution in [2.45, 2.75) is 19.8 Å². The van der Waals surface area contributed by atoms with E-state index in [0.717, 1.165) is 11.3 Å². The first-order valence-corrected chi connectivity index (χ1v) is 7.91. The van der Waals surface area contributed by atoms with Crippen LogP contribution >= 0.6 is 0 Å². The summed E-state index contributed by atoms with van der Waals surface area (Å²) in [5, 5.41) is 2.96. The highest BCUT2D eigenvalue weighted by molar-refractivity contribution is 6.06. The van der Waals surface area contributed by atoms with Gasteiger partial charge in [0, 0.05) is 18.3 Å². The largest absolute Gasteiger partial charge is 0.482 e. The van der Waals surface area contributed by atoms with E-state index >= 15 is 0 Å². The summed E-state index contributed by atoms with van der Waals surface area (Å²) in [5.74, 6) is 0.570. The van der Waals surface area contributed by atoms with E-state index in [2.05, 4.69) is 19.2 Å². The number of carbonyl (C=O) groups is 2. The topological polar surface area (TPSA) is 58.6 Å². The number of nitrogens with zero attached hydrogens (tertiary/aromatic N) is 1. The molecule has 0 fully saturated rings. The number of rotatable bonds is 3. The van der Waals surface area contributed by atoms with Gasteiger partial charge in [0.25, 0.3) is 11.8 Å². The zero-order chi connectivity index (χ0) is 17.3. The Balaban J connectivity index is 1.88. The van der Waals surface area contributed by atoms with Crippen LogP contribution < -0.4 is 15.0 Å². The summed E-state index contributed by atoms with van der Waals surface area (Å²) in [4.78, 5) is 25.9. The van der Waals surface area contributed by atoms with Gasteiger partial charge >= 0.3 is 0 Å². The van der Waals surface area contributed by atoms with Crippen molar-refractivity contribution < 1.29 is 14.3 Å². The van der Waals surface area contributed by atoms with E-state index in [9.17, 15) is 9.59 Å². The van der Waals surface area contributed by atoms with Gasteiger partial charge < -0.3 is 15.0 Å². The monoisotopic (exact) mass is 324 g/mol. The number of hydrogen-bond donors (Lipinski definition) is 1. The van der Waals surface area contributed by atoms with E-state index in [1.807, 2.05) is 24.3 Å². The number of fused-ring (bicyclic) bond motifs is 1. The van der Waals surface area contributed by atoms with Crippen molar-refractivity contribution in [3.63, 3.8) is 0 Å². The number of nitrogens with one attached hydrogen (secondary N) is 1. The molecule has 3 rings (SSSR count). The van der Waals surface area contributed by atoms with Gasteiger partial charge in [0.05, 0.1) is 5.69 Å². The van der Waals surface area contributed by atoms with Gasteiger partial charge in [-0.15, -0.1) is 0 Å². The van der Waals surface area contributed by atoms with Gasteiger partial charge in [-0.25, -0.2) is 0 Å². The quantitative estimate of drug-likeness (QED) is 0.941. The molecule has 0 saturated heterocycles. The predicted molar refractivity (Wildman–Crippen MR) is 93.8 cm³/mol. The van der Waals surface area contributed by atoms with Crippen LogP contribution in [0.15, 0.2) is 42.5 Å². The summed E-state index contributed by atoms with van der Waals surface area (Å²) in [6.07, 6.45) is 0. The minimum atomic E-state index is -0.211. The van der Waals surface area contributed by atoms with Crippen LogP contribution in [0.3, 0.4) is 0 Å². The van der Waals surface area contributed by atoms with Crippen LogP contribution in [0.1, 0.15) is 35.7 Å². The number of ether oxygens (including phenoxy) is 1. The molecule has 2 aromatic carbocycles. The second-order valence-corrected chi connectivity index (χ2v) is 6.12. The number of benzene rings is 2. The lowest BCUT2D eigenvalue weighted by atomic mass is 10.0. The van der Waals surface area contributed by atoms with Gasteiger partial charge in [-0.2, -0.15) is 0 Å². The Morgan fingerprint density at radius 1 is 1.21 bits per heavy atom. The number of anilines is 2. The highest BCUT2D eigenvalue weighted by atomic mass is 16.5. The van der Waals surface area contributed by atoms with Crippen molar-refractivity contribution in [2.75, 3.05) is 23.9 Å². The maximum Gasteiger partial charge on any atom is 0.264 e. The predicted octanol–water partition coefficient (Wildman–Crippen LogP) is 3.42. The van der Waals surface area contributed by atoms with Crippen LogP contribution in [-0.2, 0) is 4.79 Å². The third-order valence-electron chi connectivity index (χ3n) is 4.14. The molecule has 1 heterocycles. The Labute approximate surface area is 141 Å². The van der Waals surface area contributed by atoms with Crippen molar-refractivity contribution >= 4 is 23.2 Å². The lowest BCUT2D eigenvalue weighted by Crippen LogP contribution is -2.35. The standard InChI is InChI=1S/C19H20N2O3/c1-12(2)14-6-4-5-7-15(14)20-19(23)13-8-9-17-16(10-13)21(3)18(22)11-24-17/h4-10,12H,11H2,1-3H3,(H,20,23). The Hall–Kier alpha value is -2.82. The second kappa shape index (κ2) is 6.35. The smallest absolute Gasteiger partial charge is 0.264 e. The molecule has 1 aliphatic rings. The number of amides is 2. The molecule has 2 aromatic rings.